The standard InChI is InChI=1S/C18H20Cl2N4O/c1-2-12-3-6-14(7-4-12)24-18(21)23-10-9-22-17(25)13-5-8-15(19)16(20)11-13/h3-8,11H,2,9-10H2,1H3,(H,22,25)(H3,21,23,24). The lowest BCUT2D eigenvalue weighted by molar-refractivity contribution is 0.0955. The Balaban J connectivity index is 1.79. The molecule has 4 N–H and O–H groups in total. The van der Waals surface area contributed by atoms with Crippen molar-refractivity contribution in [3.8, 4) is 0 Å². The highest BCUT2D eigenvalue weighted by Crippen LogP contribution is 2.22. The number of carbonyl (C=O) groups is 1. The number of anilines is 1. The van der Waals surface area contributed by atoms with Crippen LogP contribution in [0.25, 0.3) is 0 Å². The van der Waals surface area contributed by atoms with Crippen molar-refractivity contribution in [3.05, 3.63) is 63.6 Å². The summed E-state index contributed by atoms with van der Waals surface area (Å²) in [6, 6.07) is 12.7. The van der Waals surface area contributed by atoms with E-state index >= 15 is 0 Å². The number of nitrogens with one attached hydrogen (secondary N) is 2. The first kappa shape index (κ1) is 19.1. The van der Waals surface area contributed by atoms with Crippen molar-refractivity contribution in [2.24, 2.45) is 10.7 Å². The maximum Gasteiger partial charge on any atom is 0.251 e. The molecule has 0 saturated carbocycles. The van der Waals surface area contributed by atoms with Crippen molar-refractivity contribution < 1.29 is 4.79 Å². The number of aryl methyl sites for hydroxylation is 1. The Bertz CT molecular complexity index is 760. The van der Waals surface area contributed by atoms with Crippen LogP contribution in [0.15, 0.2) is 47.5 Å². The van der Waals surface area contributed by atoms with Crippen molar-refractivity contribution >= 4 is 40.8 Å². The first-order valence-corrected chi connectivity index (χ1v) is 8.64. The number of hydrogen-bond donors (Lipinski definition) is 3. The van der Waals surface area contributed by atoms with Crippen LogP contribution in [0.4, 0.5) is 5.69 Å². The van der Waals surface area contributed by atoms with Gasteiger partial charge in [0, 0.05) is 17.8 Å². The molecule has 0 fully saturated rings. The Labute approximate surface area is 157 Å². The lowest BCUT2D eigenvalue weighted by atomic mass is 10.1. The fourth-order valence-corrected chi connectivity index (χ4v) is 2.39. The summed E-state index contributed by atoms with van der Waals surface area (Å²) in [6.45, 7) is 2.82. The molecule has 0 aliphatic carbocycles. The molecule has 2 rings (SSSR count). The van der Waals surface area contributed by atoms with E-state index < -0.39 is 0 Å². The highest BCUT2D eigenvalue weighted by Gasteiger charge is 2.07. The zero-order valence-electron chi connectivity index (χ0n) is 13.9. The molecule has 1 amide bonds. The summed E-state index contributed by atoms with van der Waals surface area (Å²) < 4.78 is 0. The topological polar surface area (TPSA) is 79.5 Å². The van der Waals surface area contributed by atoms with Crippen molar-refractivity contribution in [3.63, 3.8) is 0 Å². The van der Waals surface area contributed by atoms with E-state index in [9.17, 15) is 4.79 Å². The molecule has 0 aliphatic rings. The van der Waals surface area contributed by atoms with Gasteiger partial charge in [-0.05, 0) is 42.3 Å². The van der Waals surface area contributed by atoms with Crippen LogP contribution in [0.1, 0.15) is 22.8 Å². The first-order chi connectivity index (χ1) is 12.0. The van der Waals surface area contributed by atoms with Gasteiger partial charge in [-0.2, -0.15) is 0 Å². The summed E-state index contributed by atoms with van der Waals surface area (Å²) in [6.07, 6.45) is 0.988. The minimum Gasteiger partial charge on any atom is -0.370 e. The monoisotopic (exact) mass is 378 g/mol. The number of aliphatic imine (C=N–C) groups is 1. The SMILES string of the molecule is CCc1ccc(NC(N)=NCCNC(=O)c2ccc(Cl)c(Cl)c2)cc1. The molecular formula is C18H20Cl2N4O. The van der Waals surface area contributed by atoms with Gasteiger partial charge in [-0.3, -0.25) is 9.79 Å². The van der Waals surface area contributed by atoms with Crippen LogP contribution < -0.4 is 16.4 Å². The predicted octanol–water partition coefficient (Wildman–Crippen LogP) is 3.71. The van der Waals surface area contributed by atoms with Crippen molar-refractivity contribution in [2.75, 3.05) is 18.4 Å². The molecular weight excluding hydrogens is 359 g/mol. The normalized spacial score (nSPS) is 11.2. The third-order valence-electron chi connectivity index (χ3n) is 3.50. The molecule has 0 aromatic heterocycles. The Kier molecular flexibility index (Phi) is 7.10. The summed E-state index contributed by atoms with van der Waals surface area (Å²) in [7, 11) is 0. The van der Waals surface area contributed by atoms with E-state index in [4.69, 9.17) is 28.9 Å². The second-order valence-electron chi connectivity index (χ2n) is 5.33. The van der Waals surface area contributed by atoms with E-state index in [1.807, 2.05) is 24.3 Å². The number of halogens is 2. The molecule has 0 bridgehead atoms. The maximum absolute atomic E-state index is 12.0. The van der Waals surface area contributed by atoms with Crippen molar-refractivity contribution in [1.29, 1.82) is 0 Å². The summed E-state index contributed by atoms with van der Waals surface area (Å²) in [5.74, 6) is 0.0588. The lowest BCUT2D eigenvalue weighted by Gasteiger charge is -2.07. The molecule has 0 unspecified atom stereocenters. The highest BCUT2D eigenvalue weighted by molar-refractivity contribution is 6.42. The average Bonchev–Trinajstić information content (AvgIpc) is 2.61. The van der Waals surface area contributed by atoms with E-state index in [1.165, 1.54) is 11.6 Å². The van der Waals surface area contributed by atoms with Gasteiger partial charge in [-0.15, -0.1) is 0 Å². The fraction of sp³-hybridized carbons (Fsp3) is 0.222. The summed E-state index contributed by atoms with van der Waals surface area (Å²) in [5, 5.41) is 6.51. The van der Waals surface area contributed by atoms with Crippen LogP contribution in [0.5, 0.6) is 0 Å². The van der Waals surface area contributed by atoms with Crippen molar-refractivity contribution in [1.82, 2.24) is 5.32 Å². The molecule has 2 aromatic carbocycles. The van der Waals surface area contributed by atoms with Gasteiger partial charge in [-0.1, -0.05) is 42.3 Å². The average molecular weight is 379 g/mol. The number of nitrogens with two attached hydrogens (primary N) is 1. The van der Waals surface area contributed by atoms with Crippen LogP contribution in [0.2, 0.25) is 10.0 Å². The Morgan fingerprint density at radius 2 is 1.84 bits per heavy atom. The molecule has 0 saturated heterocycles. The van der Waals surface area contributed by atoms with Gasteiger partial charge >= 0.3 is 0 Å². The third kappa shape index (κ3) is 5.96. The number of guanidine groups is 1. The van der Waals surface area contributed by atoms with Gasteiger partial charge in [-0.25, -0.2) is 0 Å². The molecule has 0 heterocycles. The van der Waals surface area contributed by atoms with Crippen LogP contribution in [0.3, 0.4) is 0 Å². The van der Waals surface area contributed by atoms with Gasteiger partial charge in [0.05, 0.1) is 16.6 Å². The van der Waals surface area contributed by atoms with Crippen LogP contribution in [0, 0.1) is 0 Å². The third-order valence-corrected chi connectivity index (χ3v) is 4.23. The van der Waals surface area contributed by atoms with Gasteiger partial charge < -0.3 is 16.4 Å². The summed E-state index contributed by atoms with van der Waals surface area (Å²) in [4.78, 5) is 16.2. The summed E-state index contributed by atoms with van der Waals surface area (Å²) in [5.41, 5.74) is 8.41. The van der Waals surface area contributed by atoms with Gasteiger partial charge in [0.25, 0.3) is 5.91 Å². The maximum atomic E-state index is 12.0. The van der Waals surface area contributed by atoms with E-state index in [1.54, 1.807) is 12.1 Å². The molecule has 0 atom stereocenters. The van der Waals surface area contributed by atoms with Crippen LogP contribution in [-0.4, -0.2) is 25.0 Å². The van der Waals surface area contributed by atoms with E-state index in [0.717, 1.165) is 12.1 Å². The second kappa shape index (κ2) is 9.30. The van der Waals surface area contributed by atoms with Gasteiger partial charge in [0.2, 0.25) is 0 Å². The van der Waals surface area contributed by atoms with Gasteiger partial charge in [0.1, 0.15) is 0 Å². The molecule has 0 spiro atoms. The second-order valence-corrected chi connectivity index (χ2v) is 6.14. The molecule has 132 valence electrons. The number of amides is 1. The quantitative estimate of drug-likeness (QED) is 0.407. The zero-order chi connectivity index (χ0) is 18.2. The molecule has 0 aliphatic heterocycles. The lowest BCUT2D eigenvalue weighted by Crippen LogP contribution is -2.28. The largest absolute Gasteiger partial charge is 0.370 e. The van der Waals surface area contributed by atoms with Crippen molar-refractivity contribution in [2.45, 2.75) is 13.3 Å². The minimum atomic E-state index is -0.240. The first-order valence-electron chi connectivity index (χ1n) is 7.88. The molecule has 5 nitrogen and oxygen atoms in total. The smallest absolute Gasteiger partial charge is 0.251 e. The molecule has 2 aromatic rings. The molecule has 0 radical (unpaired) electrons. The number of rotatable bonds is 6. The number of carbonyl (C=O) groups excluding carboxylic acids is 1. The highest BCUT2D eigenvalue weighted by atomic mass is 35.5. The van der Waals surface area contributed by atoms with E-state index in [-0.39, 0.29) is 5.91 Å². The molecule has 25 heavy (non-hydrogen) atoms. The number of nitrogens with zero attached hydrogens (tertiary/aromatic N) is 1. The minimum absolute atomic E-state index is 0.240. The van der Waals surface area contributed by atoms with Gasteiger partial charge in [0.15, 0.2) is 5.96 Å². The molecule has 7 heteroatoms. The van der Waals surface area contributed by atoms with E-state index in [0.29, 0.717) is 34.7 Å². The Hall–Kier alpha value is -2.24. The Morgan fingerprint density at radius 3 is 2.48 bits per heavy atom. The number of hydrogen-bond acceptors (Lipinski definition) is 2. The Morgan fingerprint density at radius 1 is 1.12 bits per heavy atom. The number of benzene rings is 2. The fourth-order valence-electron chi connectivity index (χ4n) is 2.10. The zero-order valence-corrected chi connectivity index (χ0v) is 15.4. The van der Waals surface area contributed by atoms with Crippen LogP contribution >= 0.6 is 23.2 Å². The predicted molar refractivity (Wildman–Crippen MR) is 105 cm³/mol. The summed E-state index contributed by atoms with van der Waals surface area (Å²) >= 11 is 11.7. The van der Waals surface area contributed by atoms with E-state index in [2.05, 4.69) is 22.5 Å². The van der Waals surface area contributed by atoms with Crippen LogP contribution in [-0.2, 0) is 6.42 Å².